The Balaban J connectivity index is 1.99. The molecule has 2 aromatic carbocycles. The molecule has 5 nitrogen and oxygen atoms in total. The zero-order valence-corrected chi connectivity index (χ0v) is 17.4. The molecule has 3 N–H and O–H groups in total. The highest BCUT2D eigenvalue weighted by Gasteiger charge is 2.06. The van der Waals surface area contributed by atoms with E-state index in [1.807, 2.05) is 25.3 Å². The van der Waals surface area contributed by atoms with Crippen molar-refractivity contribution in [1.29, 1.82) is 0 Å². The molecule has 0 saturated heterocycles. The number of nitrogens with one attached hydrogen (secondary N) is 2. The maximum atomic E-state index is 13.5. The SMILES string of the molecule is CCNC(=NCc1ccc(F)cc1CSC)NCCc1ccc(OC)cc1O. The fraction of sp³-hybridized carbons (Fsp3) is 0.381. The highest BCUT2D eigenvalue weighted by Crippen LogP contribution is 2.23. The monoisotopic (exact) mass is 405 g/mol. The van der Waals surface area contributed by atoms with Crippen LogP contribution in [0.2, 0.25) is 0 Å². The van der Waals surface area contributed by atoms with Crippen molar-refractivity contribution >= 4 is 17.7 Å². The Labute approximate surface area is 170 Å². The lowest BCUT2D eigenvalue weighted by atomic mass is 10.1. The van der Waals surface area contributed by atoms with Gasteiger partial charge in [-0.05, 0) is 54.5 Å². The summed E-state index contributed by atoms with van der Waals surface area (Å²) < 4.78 is 18.6. The first kappa shape index (κ1) is 21.9. The molecule has 2 rings (SSSR count). The fourth-order valence-corrected chi connectivity index (χ4v) is 3.32. The van der Waals surface area contributed by atoms with Crippen LogP contribution in [0.4, 0.5) is 4.39 Å². The number of guanidine groups is 1. The van der Waals surface area contributed by atoms with Gasteiger partial charge in [0.25, 0.3) is 0 Å². The first-order chi connectivity index (χ1) is 13.6. The number of aromatic hydroxyl groups is 1. The van der Waals surface area contributed by atoms with E-state index in [1.54, 1.807) is 37.1 Å². The second kappa shape index (κ2) is 11.4. The zero-order valence-electron chi connectivity index (χ0n) is 16.6. The molecule has 0 unspecified atom stereocenters. The Morgan fingerprint density at radius 3 is 2.61 bits per heavy atom. The molecule has 152 valence electrons. The van der Waals surface area contributed by atoms with Gasteiger partial charge in [-0.15, -0.1) is 0 Å². The fourth-order valence-electron chi connectivity index (χ4n) is 2.74. The summed E-state index contributed by atoms with van der Waals surface area (Å²) in [6.07, 6.45) is 2.65. The van der Waals surface area contributed by atoms with Gasteiger partial charge >= 0.3 is 0 Å². The van der Waals surface area contributed by atoms with Gasteiger partial charge in [-0.2, -0.15) is 11.8 Å². The van der Waals surface area contributed by atoms with Crippen molar-refractivity contribution in [3.05, 3.63) is 58.9 Å². The number of halogens is 1. The number of hydrogen-bond donors (Lipinski definition) is 3. The van der Waals surface area contributed by atoms with E-state index < -0.39 is 0 Å². The van der Waals surface area contributed by atoms with E-state index >= 15 is 0 Å². The molecule has 2 aromatic rings. The summed E-state index contributed by atoms with van der Waals surface area (Å²) >= 11 is 1.66. The lowest BCUT2D eigenvalue weighted by molar-refractivity contribution is 0.406. The van der Waals surface area contributed by atoms with Crippen LogP contribution in [0, 0.1) is 5.82 Å². The minimum Gasteiger partial charge on any atom is -0.508 e. The minimum absolute atomic E-state index is 0.219. The molecule has 7 heteroatoms. The molecule has 0 radical (unpaired) electrons. The van der Waals surface area contributed by atoms with Crippen molar-refractivity contribution in [3.8, 4) is 11.5 Å². The molecule has 0 saturated carbocycles. The van der Waals surface area contributed by atoms with Gasteiger partial charge in [0.05, 0.1) is 13.7 Å². The van der Waals surface area contributed by atoms with E-state index in [1.165, 1.54) is 6.07 Å². The summed E-state index contributed by atoms with van der Waals surface area (Å²) in [5.41, 5.74) is 2.82. The number of thioether (sulfide) groups is 1. The second-order valence-corrected chi connectivity index (χ2v) is 7.08. The number of methoxy groups -OCH3 is 1. The lowest BCUT2D eigenvalue weighted by Crippen LogP contribution is -2.38. The second-order valence-electron chi connectivity index (χ2n) is 6.21. The van der Waals surface area contributed by atoms with Crippen molar-refractivity contribution in [3.63, 3.8) is 0 Å². The van der Waals surface area contributed by atoms with Gasteiger partial charge in [0.2, 0.25) is 0 Å². The average molecular weight is 406 g/mol. The van der Waals surface area contributed by atoms with E-state index in [0.29, 0.717) is 31.2 Å². The number of benzene rings is 2. The van der Waals surface area contributed by atoms with Crippen LogP contribution in [0.1, 0.15) is 23.6 Å². The van der Waals surface area contributed by atoms with E-state index in [2.05, 4.69) is 15.6 Å². The van der Waals surface area contributed by atoms with E-state index in [0.717, 1.165) is 29.0 Å². The molecule has 0 fully saturated rings. The molecular formula is C21H28FN3O2S. The van der Waals surface area contributed by atoms with Gasteiger partial charge in [0.1, 0.15) is 17.3 Å². The standard InChI is InChI=1S/C21H28FN3O2S/c1-4-23-21(24-10-9-15-6-8-19(27-2)12-20(15)26)25-13-16-5-7-18(22)11-17(16)14-28-3/h5-8,11-12,26H,4,9-10,13-14H2,1-3H3,(H2,23,24,25). The number of phenols is 1. The molecule has 0 bridgehead atoms. The van der Waals surface area contributed by atoms with E-state index in [9.17, 15) is 9.50 Å². The normalized spacial score (nSPS) is 11.4. The first-order valence-corrected chi connectivity index (χ1v) is 10.6. The maximum absolute atomic E-state index is 13.5. The Bertz CT molecular complexity index is 799. The summed E-state index contributed by atoms with van der Waals surface area (Å²) in [6, 6.07) is 10.1. The van der Waals surface area contributed by atoms with Crippen LogP contribution < -0.4 is 15.4 Å². The van der Waals surface area contributed by atoms with Crippen LogP contribution in [0.5, 0.6) is 11.5 Å². The van der Waals surface area contributed by atoms with Crippen LogP contribution >= 0.6 is 11.8 Å². The number of ether oxygens (including phenoxy) is 1. The summed E-state index contributed by atoms with van der Waals surface area (Å²) in [6.45, 7) is 3.83. The molecule has 28 heavy (non-hydrogen) atoms. The Kier molecular flexibility index (Phi) is 8.94. The predicted molar refractivity (Wildman–Crippen MR) is 115 cm³/mol. The van der Waals surface area contributed by atoms with Crippen molar-refractivity contribution in [2.75, 3.05) is 26.5 Å². The van der Waals surface area contributed by atoms with Gasteiger partial charge in [-0.1, -0.05) is 12.1 Å². The number of hydrogen-bond acceptors (Lipinski definition) is 4. The topological polar surface area (TPSA) is 65.9 Å². The maximum Gasteiger partial charge on any atom is 0.191 e. The molecule has 0 aliphatic rings. The largest absolute Gasteiger partial charge is 0.508 e. The van der Waals surface area contributed by atoms with E-state index in [-0.39, 0.29) is 11.6 Å². The molecule has 0 amide bonds. The number of rotatable bonds is 9. The summed E-state index contributed by atoms with van der Waals surface area (Å²) in [5, 5.41) is 16.5. The predicted octanol–water partition coefficient (Wildman–Crippen LogP) is 3.70. The zero-order chi connectivity index (χ0) is 20.4. The van der Waals surface area contributed by atoms with Crippen molar-refractivity contribution in [1.82, 2.24) is 10.6 Å². The summed E-state index contributed by atoms with van der Waals surface area (Å²) in [7, 11) is 1.57. The van der Waals surface area contributed by atoms with Crippen LogP contribution in [-0.2, 0) is 18.7 Å². The average Bonchev–Trinajstić information content (AvgIpc) is 2.68. The molecule has 0 spiro atoms. The van der Waals surface area contributed by atoms with Crippen LogP contribution in [0.3, 0.4) is 0 Å². The van der Waals surface area contributed by atoms with Gasteiger partial charge in [0, 0.05) is 24.9 Å². The van der Waals surface area contributed by atoms with Crippen LogP contribution in [0.25, 0.3) is 0 Å². The third-order valence-corrected chi connectivity index (χ3v) is 4.80. The molecule has 0 aliphatic carbocycles. The highest BCUT2D eigenvalue weighted by atomic mass is 32.2. The number of phenolic OH excluding ortho intramolecular Hbond substituents is 1. The van der Waals surface area contributed by atoms with Gasteiger partial charge in [0.15, 0.2) is 5.96 Å². The van der Waals surface area contributed by atoms with Gasteiger partial charge < -0.3 is 20.5 Å². The Morgan fingerprint density at radius 2 is 1.93 bits per heavy atom. The third-order valence-electron chi connectivity index (χ3n) is 4.20. The smallest absolute Gasteiger partial charge is 0.191 e. The van der Waals surface area contributed by atoms with Gasteiger partial charge in [-0.25, -0.2) is 9.38 Å². The van der Waals surface area contributed by atoms with Crippen molar-refractivity contribution in [2.24, 2.45) is 4.99 Å². The Morgan fingerprint density at radius 1 is 1.14 bits per heavy atom. The lowest BCUT2D eigenvalue weighted by Gasteiger charge is -2.13. The molecule has 0 aliphatic heterocycles. The first-order valence-electron chi connectivity index (χ1n) is 9.21. The number of aliphatic imine (C=N–C) groups is 1. The quantitative estimate of drug-likeness (QED) is 0.439. The molecule has 0 aromatic heterocycles. The van der Waals surface area contributed by atoms with Crippen molar-refractivity contribution < 1.29 is 14.2 Å². The Hall–Kier alpha value is -2.41. The third kappa shape index (κ3) is 6.64. The van der Waals surface area contributed by atoms with E-state index in [4.69, 9.17) is 4.74 Å². The van der Waals surface area contributed by atoms with Gasteiger partial charge in [-0.3, -0.25) is 0 Å². The van der Waals surface area contributed by atoms with Crippen molar-refractivity contribution in [2.45, 2.75) is 25.6 Å². The number of nitrogens with zero attached hydrogens (tertiary/aromatic N) is 1. The van der Waals surface area contributed by atoms with Crippen LogP contribution in [0.15, 0.2) is 41.4 Å². The summed E-state index contributed by atoms with van der Waals surface area (Å²) in [4.78, 5) is 4.62. The minimum atomic E-state index is -0.221. The summed E-state index contributed by atoms with van der Waals surface area (Å²) in [5.74, 6) is 2.07. The highest BCUT2D eigenvalue weighted by molar-refractivity contribution is 7.97. The molecule has 0 heterocycles. The molecular weight excluding hydrogens is 377 g/mol. The molecule has 0 atom stereocenters. The van der Waals surface area contributed by atoms with Crippen LogP contribution in [-0.4, -0.2) is 37.5 Å².